The lowest BCUT2D eigenvalue weighted by atomic mass is 9.81. The van der Waals surface area contributed by atoms with Crippen LogP contribution in [0.3, 0.4) is 0 Å². The number of halogens is 5. The van der Waals surface area contributed by atoms with Crippen LogP contribution in [0, 0.1) is 5.92 Å². The van der Waals surface area contributed by atoms with Crippen molar-refractivity contribution in [1.82, 2.24) is 9.78 Å². The molecule has 0 amide bonds. The lowest BCUT2D eigenvalue weighted by Gasteiger charge is -2.36. The molecule has 2 aliphatic rings. The second kappa shape index (κ2) is 3.93. The van der Waals surface area contributed by atoms with Crippen LogP contribution in [-0.4, -0.2) is 15.7 Å². The highest BCUT2D eigenvalue weighted by Crippen LogP contribution is 2.47. The molecule has 7 heteroatoms. The third-order valence-electron chi connectivity index (χ3n) is 3.89. The standard InChI is InChI=1S/C12H13F5N2/c13-11(14)4-3-8(11)5-19-6-9(12(15,16)17)10(18-19)7-1-2-7/h6-8H,1-5H2. The Balaban J connectivity index is 1.83. The van der Waals surface area contributed by atoms with Crippen LogP contribution in [0.4, 0.5) is 22.0 Å². The zero-order valence-electron chi connectivity index (χ0n) is 10.1. The fourth-order valence-corrected chi connectivity index (χ4v) is 2.42. The zero-order chi connectivity index (χ0) is 13.8. The van der Waals surface area contributed by atoms with Crippen molar-refractivity contribution < 1.29 is 22.0 Å². The molecule has 0 saturated heterocycles. The minimum atomic E-state index is -4.46. The highest BCUT2D eigenvalue weighted by molar-refractivity contribution is 5.27. The highest BCUT2D eigenvalue weighted by atomic mass is 19.4. The summed E-state index contributed by atoms with van der Waals surface area (Å²) in [5.41, 5.74) is -0.743. The molecule has 0 aliphatic heterocycles. The maximum atomic E-state index is 13.1. The largest absolute Gasteiger partial charge is 0.419 e. The van der Waals surface area contributed by atoms with E-state index in [1.165, 1.54) is 0 Å². The second-order valence-corrected chi connectivity index (χ2v) is 5.42. The van der Waals surface area contributed by atoms with E-state index >= 15 is 0 Å². The lowest BCUT2D eigenvalue weighted by molar-refractivity contribution is -0.139. The topological polar surface area (TPSA) is 17.8 Å². The Kier molecular flexibility index (Phi) is 2.66. The third kappa shape index (κ3) is 2.34. The molecule has 0 bridgehead atoms. The minimum Gasteiger partial charge on any atom is -0.271 e. The van der Waals surface area contributed by atoms with Crippen LogP contribution in [0.15, 0.2) is 6.20 Å². The van der Waals surface area contributed by atoms with Crippen molar-refractivity contribution in [2.24, 2.45) is 5.92 Å². The van der Waals surface area contributed by atoms with Gasteiger partial charge in [-0.15, -0.1) is 0 Å². The van der Waals surface area contributed by atoms with Gasteiger partial charge in [0.05, 0.1) is 11.3 Å². The van der Waals surface area contributed by atoms with E-state index in [9.17, 15) is 22.0 Å². The molecule has 2 fully saturated rings. The molecule has 3 rings (SSSR count). The molecule has 106 valence electrons. The summed E-state index contributed by atoms with van der Waals surface area (Å²) in [6.45, 7) is -0.136. The smallest absolute Gasteiger partial charge is 0.271 e. The molecule has 1 aromatic heterocycles. The van der Waals surface area contributed by atoms with Gasteiger partial charge >= 0.3 is 6.18 Å². The second-order valence-electron chi connectivity index (χ2n) is 5.42. The lowest BCUT2D eigenvalue weighted by Crippen LogP contribution is -2.41. The Morgan fingerprint density at radius 2 is 1.95 bits per heavy atom. The van der Waals surface area contributed by atoms with Crippen LogP contribution < -0.4 is 0 Å². The molecule has 0 aromatic carbocycles. The first-order valence-corrected chi connectivity index (χ1v) is 6.30. The van der Waals surface area contributed by atoms with Gasteiger partial charge in [0.1, 0.15) is 0 Å². The van der Waals surface area contributed by atoms with E-state index < -0.39 is 23.6 Å². The number of hydrogen-bond acceptors (Lipinski definition) is 1. The molecule has 1 unspecified atom stereocenters. The van der Waals surface area contributed by atoms with Gasteiger partial charge in [-0.25, -0.2) is 8.78 Å². The van der Waals surface area contributed by atoms with Gasteiger partial charge in [0.25, 0.3) is 5.92 Å². The van der Waals surface area contributed by atoms with Gasteiger partial charge in [0.15, 0.2) is 0 Å². The van der Waals surface area contributed by atoms with Gasteiger partial charge < -0.3 is 0 Å². The molecule has 0 N–H and O–H groups in total. The monoisotopic (exact) mass is 280 g/mol. The number of aromatic nitrogens is 2. The average molecular weight is 280 g/mol. The number of rotatable bonds is 3. The predicted molar refractivity (Wildman–Crippen MR) is 56.9 cm³/mol. The summed E-state index contributed by atoms with van der Waals surface area (Å²) in [5.74, 6) is -3.80. The molecule has 19 heavy (non-hydrogen) atoms. The van der Waals surface area contributed by atoms with E-state index in [-0.39, 0.29) is 24.6 Å². The Labute approximate surface area is 106 Å². The van der Waals surface area contributed by atoms with Gasteiger partial charge in [-0.1, -0.05) is 0 Å². The summed E-state index contributed by atoms with van der Waals surface area (Å²) < 4.78 is 65.8. The Bertz CT molecular complexity index is 487. The molecule has 1 heterocycles. The zero-order valence-corrected chi connectivity index (χ0v) is 10.1. The van der Waals surface area contributed by atoms with Crippen molar-refractivity contribution in [3.05, 3.63) is 17.5 Å². The van der Waals surface area contributed by atoms with Crippen LogP contribution in [0.2, 0.25) is 0 Å². The molecule has 2 nitrogen and oxygen atoms in total. The van der Waals surface area contributed by atoms with Crippen LogP contribution in [0.25, 0.3) is 0 Å². The molecular formula is C12H13F5N2. The maximum absolute atomic E-state index is 13.1. The van der Waals surface area contributed by atoms with Gasteiger partial charge in [0, 0.05) is 31.0 Å². The number of nitrogens with zero attached hydrogens (tertiary/aromatic N) is 2. The van der Waals surface area contributed by atoms with E-state index in [1.807, 2.05) is 0 Å². The fourth-order valence-electron chi connectivity index (χ4n) is 2.42. The van der Waals surface area contributed by atoms with Crippen molar-refractivity contribution in [3.63, 3.8) is 0 Å². The Hall–Kier alpha value is -1.14. The van der Waals surface area contributed by atoms with E-state index in [4.69, 9.17) is 0 Å². The molecule has 1 atom stereocenters. The first kappa shape index (κ1) is 12.9. The number of hydrogen-bond donors (Lipinski definition) is 0. The van der Waals surface area contributed by atoms with Gasteiger partial charge in [-0.05, 0) is 19.3 Å². The molecule has 0 spiro atoms. The summed E-state index contributed by atoms with van der Waals surface area (Å²) in [4.78, 5) is 0. The van der Waals surface area contributed by atoms with E-state index in [0.717, 1.165) is 10.9 Å². The SMILES string of the molecule is FC(F)(F)c1cn(CC2CCC2(F)F)nc1C1CC1. The van der Waals surface area contributed by atoms with E-state index in [2.05, 4.69) is 5.10 Å². The summed E-state index contributed by atoms with van der Waals surface area (Å²) in [6.07, 6.45) is -2.03. The molecule has 2 aliphatic carbocycles. The van der Waals surface area contributed by atoms with Crippen molar-refractivity contribution in [2.75, 3.05) is 0 Å². The van der Waals surface area contributed by atoms with Gasteiger partial charge in [0.2, 0.25) is 0 Å². The highest BCUT2D eigenvalue weighted by Gasteiger charge is 2.49. The van der Waals surface area contributed by atoms with Crippen molar-refractivity contribution in [3.8, 4) is 0 Å². The maximum Gasteiger partial charge on any atom is 0.419 e. The first-order valence-electron chi connectivity index (χ1n) is 6.30. The van der Waals surface area contributed by atoms with Crippen molar-refractivity contribution in [1.29, 1.82) is 0 Å². The van der Waals surface area contributed by atoms with Gasteiger partial charge in [-0.3, -0.25) is 4.68 Å². The fraction of sp³-hybridized carbons (Fsp3) is 0.750. The van der Waals surface area contributed by atoms with Crippen LogP contribution in [0.1, 0.15) is 42.9 Å². The first-order chi connectivity index (χ1) is 8.77. The van der Waals surface area contributed by atoms with Crippen molar-refractivity contribution in [2.45, 2.75) is 50.2 Å². The number of alkyl halides is 5. The average Bonchev–Trinajstić information content (AvgIpc) is 3.04. The molecule has 1 aromatic rings. The quantitative estimate of drug-likeness (QED) is 0.769. The molecular weight excluding hydrogens is 267 g/mol. The summed E-state index contributed by atoms with van der Waals surface area (Å²) in [6, 6.07) is 0. The van der Waals surface area contributed by atoms with Crippen LogP contribution in [-0.2, 0) is 12.7 Å². The van der Waals surface area contributed by atoms with E-state index in [0.29, 0.717) is 19.3 Å². The molecule has 2 saturated carbocycles. The van der Waals surface area contributed by atoms with Crippen LogP contribution in [0.5, 0.6) is 0 Å². The minimum absolute atomic E-state index is 0.0233. The summed E-state index contributed by atoms with van der Waals surface area (Å²) in [7, 11) is 0. The Morgan fingerprint density at radius 3 is 2.37 bits per heavy atom. The normalized spacial score (nSPS) is 26.3. The Morgan fingerprint density at radius 1 is 1.26 bits per heavy atom. The molecule has 0 radical (unpaired) electrons. The van der Waals surface area contributed by atoms with Crippen LogP contribution >= 0.6 is 0 Å². The van der Waals surface area contributed by atoms with Gasteiger partial charge in [-0.2, -0.15) is 18.3 Å². The summed E-state index contributed by atoms with van der Waals surface area (Å²) >= 11 is 0. The van der Waals surface area contributed by atoms with Crippen molar-refractivity contribution >= 4 is 0 Å². The summed E-state index contributed by atoms with van der Waals surface area (Å²) in [5, 5.41) is 3.89. The predicted octanol–water partition coefficient (Wildman–Crippen LogP) is 3.82. The van der Waals surface area contributed by atoms with E-state index in [1.54, 1.807) is 0 Å². The third-order valence-corrected chi connectivity index (χ3v) is 3.89.